The lowest BCUT2D eigenvalue weighted by Gasteiger charge is -2.32. The van der Waals surface area contributed by atoms with Gasteiger partial charge in [0.1, 0.15) is 5.65 Å². The quantitative estimate of drug-likeness (QED) is 0.906. The van der Waals surface area contributed by atoms with E-state index in [0.717, 1.165) is 43.1 Å². The summed E-state index contributed by atoms with van der Waals surface area (Å²) in [7, 11) is 1.78. The normalized spacial score (nSPS) is 20.1. The minimum Gasteiger partial charge on any atom is -0.380 e. The van der Waals surface area contributed by atoms with Crippen LogP contribution in [0.2, 0.25) is 0 Å². The van der Waals surface area contributed by atoms with Gasteiger partial charge in [-0.1, -0.05) is 6.07 Å². The van der Waals surface area contributed by atoms with Crippen LogP contribution in [0.5, 0.6) is 0 Å². The Balaban J connectivity index is 1.99. The Morgan fingerprint density at radius 2 is 2.37 bits per heavy atom. The zero-order valence-electron chi connectivity index (χ0n) is 11.2. The summed E-state index contributed by atoms with van der Waals surface area (Å²) >= 11 is 0. The van der Waals surface area contributed by atoms with Gasteiger partial charge in [-0.2, -0.15) is 0 Å². The number of anilines is 1. The maximum atomic E-state index is 5.92. The Bertz CT molecular complexity index is 566. The summed E-state index contributed by atoms with van der Waals surface area (Å²) in [5, 5.41) is 0. The number of aromatic nitrogens is 2. The maximum Gasteiger partial charge on any atom is 0.152 e. The van der Waals surface area contributed by atoms with E-state index in [4.69, 9.17) is 15.5 Å². The third kappa shape index (κ3) is 2.19. The number of ether oxygens (including phenoxy) is 1. The van der Waals surface area contributed by atoms with Gasteiger partial charge in [-0.15, -0.1) is 0 Å². The number of imidazole rings is 1. The molecular weight excluding hydrogens is 240 g/mol. The Morgan fingerprint density at radius 1 is 1.47 bits per heavy atom. The zero-order chi connectivity index (χ0) is 13.2. The van der Waals surface area contributed by atoms with Crippen molar-refractivity contribution < 1.29 is 4.74 Å². The van der Waals surface area contributed by atoms with E-state index in [9.17, 15) is 0 Å². The maximum absolute atomic E-state index is 5.92. The average molecular weight is 260 g/mol. The first kappa shape index (κ1) is 12.4. The number of piperidine rings is 1. The second-order valence-corrected chi connectivity index (χ2v) is 4.96. The van der Waals surface area contributed by atoms with Crippen LogP contribution in [0.25, 0.3) is 5.65 Å². The van der Waals surface area contributed by atoms with Gasteiger partial charge in [0.15, 0.2) is 5.82 Å². The Hall–Kier alpha value is -1.59. The second-order valence-electron chi connectivity index (χ2n) is 4.96. The molecule has 102 valence electrons. The lowest BCUT2D eigenvalue weighted by atomic mass is 10.1. The summed E-state index contributed by atoms with van der Waals surface area (Å²) in [4.78, 5) is 7.03. The Morgan fingerprint density at radius 3 is 3.16 bits per heavy atom. The highest BCUT2D eigenvalue weighted by atomic mass is 16.5. The predicted octanol–water partition coefficient (Wildman–Crippen LogP) is 1.41. The first-order valence-corrected chi connectivity index (χ1v) is 6.77. The molecule has 1 saturated heterocycles. The first-order valence-electron chi connectivity index (χ1n) is 6.77. The van der Waals surface area contributed by atoms with Crippen molar-refractivity contribution in [1.82, 2.24) is 9.38 Å². The molecule has 1 fully saturated rings. The average Bonchev–Trinajstić information content (AvgIpc) is 2.86. The van der Waals surface area contributed by atoms with Gasteiger partial charge in [0.05, 0.1) is 11.8 Å². The molecule has 0 saturated carbocycles. The van der Waals surface area contributed by atoms with Crippen LogP contribution < -0.4 is 10.6 Å². The molecule has 1 atom stereocenters. The van der Waals surface area contributed by atoms with E-state index >= 15 is 0 Å². The van der Waals surface area contributed by atoms with Gasteiger partial charge in [-0.3, -0.25) is 0 Å². The smallest absolute Gasteiger partial charge is 0.152 e. The van der Waals surface area contributed by atoms with E-state index in [-0.39, 0.29) is 0 Å². The molecule has 1 aliphatic rings. The van der Waals surface area contributed by atoms with Gasteiger partial charge < -0.3 is 19.8 Å². The molecule has 0 amide bonds. The van der Waals surface area contributed by atoms with Crippen molar-refractivity contribution in [3.63, 3.8) is 0 Å². The Kier molecular flexibility index (Phi) is 3.40. The van der Waals surface area contributed by atoms with Crippen molar-refractivity contribution in [3.05, 3.63) is 30.1 Å². The SMILES string of the molecule is COC1CCCN(c2nc3ccccn3c2CN)C1. The largest absolute Gasteiger partial charge is 0.380 e. The minimum absolute atomic E-state index is 0.296. The number of pyridine rings is 1. The van der Waals surface area contributed by atoms with Gasteiger partial charge in [-0.05, 0) is 25.0 Å². The standard InChI is InChI=1S/C14H20N4O/c1-19-11-5-4-7-17(10-11)14-12(9-15)18-8-3-2-6-13(18)16-14/h2-3,6,8,11H,4-5,7,9-10,15H2,1H3. The van der Waals surface area contributed by atoms with E-state index in [1.165, 1.54) is 0 Å². The fraction of sp³-hybridized carbons (Fsp3) is 0.500. The molecule has 19 heavy (non-hydrogen) atoms. The second kappa shape index (κ2) is 5.19. The van der Waals surface area contributed by atoms with Gasteiger partial charge in [0.2, 0.25) is 0 Å². The molecule has 2 N–H and O–H groups in total. The van der Waals surface area contributed by atoms with Crippen LogP contribution in [0.3, 0.4) is 0 Å². The summed E-state index contributed by atoms with van der Waals surface area (Å²) in [5.41, 5.74) is 7.95. The summed E-state index contributed by atoms with van der Waals surface area (Å²) < 4.78 is 7.56. The number of hydrogen-bond acceptors (Lipinski definition) is 4. The molecule has 1 unspecified atom stereocenters. The molecule has 3 heterocycles. The summed E-state index contributed by atoms with van der Waals surface area (Å²) in [6, 6.07) is 6.02. The summed E-state index contributed by atoms with van der Waals surface area (Å²) in [5.74, 6) is 1.01. The van der Waals surface area contributed by atoms with Crippen LogP contribution in [0.15, 0.2) is 24.4 Å². The molecule has 1 aliphatic heterocycles. The number of methoxy groups -OCH3 is 1. The van der Waals surface area contributed by atoms with E-state index in [1.807, 2.05) is 24.4 Å². The minimum atomic E-state index is 0.296. The molecule has 0 radical (unpaired) electrons. The molecule has 5 heteroatoms. The third-order valence-electron chi connectivity index (χ3n) is 3.81. The third-order valence-corrected chi connectivity index (χ3v) is 3.81. The van der Waals surface area contributed by atoms with Gasteiger partial charge in [-0.25, -0.2) is 4.98 Å². The summed E-state index contributed by atoms with van der Waals surface area (Å²) in [6.45, 7) is 2.42. The highest BCUT2D eigenvalue weighted by molar-refractivity contribution is 5.56. The van der Waals surface area contributed by atoms with Gasteiger partial charge in [0.25, 0.3) is 0 Å². The number of nitrogens with zero attached hydrogens (tertiary/aromatic N) is 3. The highest BCUT2D eigenvalue weighted by Crippen LogP contribution is 2.25. The molecule has 2 aromatic rings. The Labute approximate surface area is 113 Å². The van der Waals surface area contributed by atoms with Crippen molar-refractivity contribution in [2.45, 2.75) is 25.5 Å². The van der Waals surface area contributed by atoms with Crippen LogP contribution in [-0.4, -0.2) is 35.7 Å². The van der Waals surface area contributed by atoms with E-state index in [0.29, 0.717) is 12.6 Å². The van der Waals surface area contributed by atoms with Crippen molar-refractivity contribution in [1.29, 1.82) is 0 Å². The molecule has 3 rings (SSSR count). The van der Waals surface area contributed by atoms with Crippen LogP contribution in [0.4, 0.5) is 5.82 Å². The van der Waals surface area contributed by atoms with Crippen molar-refractivity contribution >= 4 is 11.5 Å². The predicted molar refractivity (Wildman–Crippen MR) is 75.3 cm³/mol. The molecule has 0 spiro atoms. The van der Waals surface area contributed by atoms with Crippen LogP contribution in [-0.2, 0) is 11.3 Å². The number of nitrogens with two attached hydrogens (primary N) is 1. The lowest BCUT2D eigenvalue weighted by Crippen LogP contribution is -2.40. The van der Waals surface area contributed by atoms with Crippen LogP contribution in [0.1, 0.15) is 18.5 Å². The van der Waals surface area contributed by atoms with Crippen molar-refractivity contribution in [2.24, 2.45) is 5.73 Å². The fourth-order valence-electron chi connectivity index (χ4n) is 2.80. The van der Waals surface area contributed by atoms with Gasteiger partial charge >= 0.3 is 0 Å². The molecule has 0 bridgehead atoms. The van der Waals surface area contributed by atoms with Crippen molar-refractivity contribution in [2.75, 3.05) is 25.1 Å². The summed E-state index contributed by atoms with van der Waals surface area (Å²) in [6.07, 6.45) is 4.57. The first-order chi connectivity index (χ1) is 9.33. The number of rotatable bonds is 3. The number of fused-ring (bicyclic) bond motifs is 1. The highest BCUT2D eigenvalue weighted by Gasteiger charge is 2.24. The van der Waals surface area contributed by atoms with Crippen LogP contribution >= 0.6 is 0 Å². The lowest BCUT2D eigenvalue weighted by molar-refractivity contribution is 0.0891. The molecule has 0 aliphatic carbocycles. The molecule has 5 nitrogen and oxygen atoms in total. The molecule has 0 aromatic carbocycles. The zero-order valence-corrected chi connectivity index (χ0v) is 11.2. The topological polar surface area (TPSA) is 55.8 Å². The van der Waals surface area contributed by atoms with Crippen LogP contribution in [0, 0.1) is 0 Å². The van der Waals surface area contributed by atoms with Gasteiger partial charge in [0, 0.05) is 32.9 Å². The molecule has 2 aromatic heterocycles. The monoisotopic (exact) mass is 260 g/mol. The molecular formula is C14H20N4O. The fourth-order valence-corrected chi connectivity index (χ4v) is 2.80. The van der Waals surface area contributed by atoms with E-state index in [2.05, 4.69) is 9.30 Å². The van der Waals surface area contributed by atoms with E-state index in [1.54, 1.807) is 7.11 Å². The number of hydrogen-bond donors (Lipinski definition) is 1. The van der Waals surface area contributed by atoms with E-state index < -0.39 is 0 Å². The van der Waals surface area contributed by atoms with Crippen molar-refractivity contribution in [3.8, 4) is 0 Å².